The van der Waals surface area contributed by atoms with Crippen LogP contribution in [0.1, 0.15) is 17.7 Å². The summed E-state index contributed by atoms with van der Waals surface area (Å²) in [7, 11) is 1.33. The van der Waals surface area contributed by atoms with Gasteiger partial charge < -0.3 is 9.80 Å². The Morgan fingerprint density at radius 2 is 2.03 bits per heavy atom. The second-order valence-electron chi connectivity index (χ2n) is 7.27. The van der Waals surface area contributed by atoms with Crippen LogP contribution in [-0.2, 0) is 11.0 Å². The van der Waals surface area contributed by atoms with Gasteiger partial charge in [0.1, 0.15) is 23.7 Å². The summed E-state index contributed by atoms with van der Waals surface area (Å²) in [5, 5.41) is 8.97. The lowest BCUT2D eigenvalue weighted by atomic mass is 10.0. The van der Waals surface area contributed by atoms with Crippen molar-refractivity contribution in [2.45, 2.75) is 31.2 Å². The first kappa shape index (κ1) is 22.7. The van der Waals surface area contributed by atoms with Gasteiger partial charge in [-0.15, -0.1) is 0 Å². The molecule has 1 aliphatic rings. The number of benzene rings is 1. The third kappa shape index (κ3) is 4.56. The van der Waals surface area contributed by atoms with Crippen molar-refractivity contribution in [3.8, 4) is 6.07 Å². The average Bonchev–Trinajstić information content (AvgIpc) is 3.06. The fourth-order valence-corrected chi connectivity index (χ4v) is 3.58. The maximum atomic E-state index is 14.9. The number of aryl methyl sites for hydroxylation is 1. The normalized spacial score (nSPS) is 21.1. The number of likely N-dealkylation sites (N-methyl/N-ethyl adjacent to an activating group) is 1. The quantitative estimate of drug-likeness (QED) is 0.627. The van der Waals surface area contributed by atoms with Crippen molar-refractivity contribution in [1.82, 2.24) is 4.98 Å². The van der Waals surface area contributed by atoms with Crippen LogP contribution in [0, 0.1) is 24.1 Å². The number of hydrogen-bond acceptors (Lipinski definition) is 4. The first-order valence-electron chi connectivity index (χ1n) is 9.00. The molecular weight excluding hydrogens is 443 g/mol. The third-order valence-corrected chi connectivity index (χ3v) is 5.27. The molecule has 2 heterocycles. The second-order valence-corrected chi connectivity index (χ2v) is 7.68. The van der Waals surface area contributed by atoms with Crippen molar-refractivity contribution in [3.63, 3.8) is 0 Å². The first-order valence-corrected chi connectivity index (χ1v) is 9.38. The Balaban J connectivity index is 2.01. The molecule has 1 aliphatic heterocycles. The monoisotopic (exact) mass is 458 g/mol. The number of aromatic nitrogens is 1. The van der Waals surface area contributed by atoms with E-state index in [4.69, 9.17) is 11.6 Å². The number of amides is 1. The molecule has 164 valence electrons. The van der Waals surface area contributed by atoms with Gasteiger partial charge in [0, 0.05) is 24.8 Å². The molecule has 0 unspecified atom stereocenters. The van der Waals surface area contributed by atoms with Crippen LogP contribution in [0.15, 0.2) is 30.3 Å². The summed E-state index contributed by atoms with van der Waals surface area (Å²) in [4.78, 5) is 19.3. The SMILES string of the molecule is Cc1cc(C(F)(F)F)cc(N2C[C@@](F)(C#N)C[C@H]2C(=O)N(C)c2ccc(F)c(Cl)c2)n1. The molecule has 0 radical (unpaired) electrons. The van der Waals surface area contributed by atoms with E-state index in [1.807, 2.05) is 0 Å². The molecular formula is C20H16ClF5N4O. The van der Waals surface area contributed by atoms with E-state index in [1.165, 1.54) is 32.2 Å². The van der Waals surface area contributed by atoms with Crippen molar-refractivity contribution in [2.24, 2.45) is 0 Å². The highest BCUT2D eigenvalue weighted by Gasteiger charge is 2.50. The molecule has 5 nitrogen and oxygen atoms in total. The Labute approximate surface area is 179 Å². The Morgan fingerprint density at radius 3 is 2.61 bits per heavy atom. The Morgan fingerprint density at radius 1 is 1.35 bits per heavy atom. The number of carbonyl (C=O) groups excluding carboxylic acids is 1. The summed E-state index contributed by atoms with van der Waals surface area (Å²) in [5.41, 5.74) is -3.26. The standard InChI is InChI=1S/C20H16ClF5N4O/c1-11-5-12(20(24,25)26)6-17(28-11)30-10-19(23,9-27)8-16(30)18(31)29(2)13-3-4-15(22)14(21)7-13/h3-7,16H,8,10H2,1-2H3/t16-,19-/m0/s1. The van der Waals surface area contributed by atoms with Crippen LogP contribution < -0.4 is 9.80 Å². The molecule has 1 amide bonds. The third-order valence-electron chi connectivity index (χ3n) is 4.98. The number of hydrogen-bond donors (Lipinski definition) is 0. The summed E-state index contributed by atoms with van der Waals surface area (Å²) >= 11 is 5.75. The number of anilines is 2. The molecule has 31 heavy (non-hydrogen) atoms. The van der Waals surface area contributed by atoms with Gasteiger partial charge in [0.2, 0.25) is 11.6 Å². The van der Waals surface area contributed by atoms with E-state index in [2.05, 4.69) is 4.98 Å². The number of alkyl halides is 4. The lowest BCUT2D eigenvalue weighted by molar-refractivity contribution is -0.137. The lowest BCUT2D eigenvalue weighted by Crippen LogP contribution is -2.44. The molecule has 1 aromatic heterocycles. The zero-order valence-corrected chi connectivity index (χ0v) is 17.1. The van der Waals surface area contributed by atoms with Gasteiger partial charge in [0.15, 0.2) is 0 Å². The van der Waals surface area contributed by atoms with Gasteiger partial charge in [-0.3, -0.25) is 4.79 Å². The van der Waals surface area contributed by atoms with Crippen molar-refractivity contribution in [1.29, 1.82) is 5.26 Å². The molecule has 1 saturated heterocycles. The summed E-state index contributed by atoms with van der Waals surface area (Å²) in [5.74, 6) is -1.69. The van der Waals surface area contributed by atoms with E-state index in [-0.39, 0.29) is 22.2 Å². The maximum Gasteiger partial charge on any atom is 0.416 e. The number of nitrogens with zero attached hydrogens (tertiary/aromatic N) is 4. The fourth-order valence-electron chi connectivity index (χ4n) is 3.41. The van der Waals surface area contributed by atoms with Gasteiger partial charge in [-0.1, -0.05) is 11.6 Å². The minimum absolute atomic E-state index is 0.0167. The van der Waals surface area contributed by atoms with E-state index in [0.717, 1.165) is 21.9 Å². The van der Waals surface area contributed by atoms with Gasteiger partial charge in [0.05, 0.1) is 17.1 Å². The van der Waals surface area contributed by atoms with E-state index >= 15 is 0 Å². The van der Waals surface area contributed by atoms with E-state index in [0.29, 0.717) is 6.07 Å². The van der Waals surface area contributed by atoms with Crippen LogP contribution in [-0.4, -0.2) is 36.2 Å². The summed E-state index contributed by atoms with van der Waals surface area (Å²) in [6.45, 7) is 0.705. The van der Waals surface area contributed by atoms with Crippen molar-refractivity contribution in [2.75, 3.05) is 23.4 Å². The largest absolute Gasteiger partial charge is 0.416 e. The molecule has 0 spiro atoms. The topological polar surface area (TPSA) is 60.2 Å². The van der Waals surface area contributed by atoms with Gasteiger partial charge in [-0.05, 0) is 37.3 Å². The van der Waals surface area contributed by atoms with Crippen LogP contribution in [0.25, 0.3) is 0 Å². The van der Waals surface area contributed by atoms with Crippen LogP contribution >= 0.6 is 11.6 Å². The number of halogens is 6. The van der Waals surface area contributed by atoms with Crippen molar-refractivity contribution < 1.29 is 26.7 Å². The van der Waals surface area contributed by atoms with E-state index in [1.54, 1.807) is 0 Å². The van der Waals surface area contributed by atoms with Gasteiger partial charge in [-0.25, -0.2) is 13.8 Å². The number of nitriles is 1. The average molecular weight is 459 g/mol. The predicted molar refractivity (Wildman–Crippen MR) is 104 cm³/mol. The van der Waals surface area contributed by atoms with Crippen LogP contribution in [0.4, 0.5) is 33.5 Å². The van der Waals surface area contributed by atoms with Crippen molar-refractivity contribution >= 4 is 29.0 Å². The van der Waals surface area contributed by atoms with Crippen LogP contribution in [0.3, 0.4) is 0 Å². The molecule has 11 heteroatoms. The maximum absolute atomic E-state index is 14.9. The smallest absolute Gasteiger partial charge is 0.340 e. The predicted octanol–water partition coefficient (Wildman–Crippen LogP) is 4.67. The summed E-state index contributed by atoms with van der Waals surface area (Å²) in [6.07, 6.45) is -5.25. The van der Waals surface area contributed by atoms with E-state index < -0.39 is 48.1 Å². The van der Waals surface area contributed by atoms with Gasteiger partial charge in [-0.2, -0.15) is 18.4 Å². The minimum atomic E-state index is -4.68. The highest BCUT2D eigenvalue weighted by molar-refractivity contribution is 6.31. The Bertz CT molecular complexity index is 1070. The molecule has 0 aliphatic carbocycles. The molecule has 0 N–H and O–H groups in total. The Kier molecular flexibility index (Phi) is 5.84. The number of carbonyl (C=O) groups is 1. The highest BCUT2D eigenvalue weighted by Crippen LogP contribution is 2.38. The fraction of sp³-hybridized carbons (Fsp3) is 0.350. The molecule has 0 bridgehead atoms. The van der Waals surface area contributed by atoms with Crippen molar-refractivity contribution in [3.05, 3.63) is 52.4 Å². The second kappa shape index (κ2) is 7.96. The molecule has 0 saturated carbocycles. The lowest BCUT2D eigenvalue weighted by Gasteiger charge is -2.29. The highest BCUT2D eigenvalue weighted by atomic mass is 35.5. The molecule has 1 fully saturated rings. The minimum Gasteiger partial charge on any atom is -0.340 e. The zero-order chi connectivity index (χ0) is 23.1. The Hall–Kier alpha value is -2.93. The van der Waals surface area contributed by atoms with Gasteiger partial charge >= 0.3 is 6.18 Å². The van der Waals surface area contributed by atoms with Crippen LogP contribution in [0.5, 0.6) is 0 Å². The summed E-state index contributed by atoms with van der Waals surface area (Å²) in [6, 6.07) is 5.22. The molecule has 2 aromatic rings. The number of pyridine rings is 1. The van der Waals surface area contributed by atoms with E-state index in [9.17, 15) is 32.0 Å². The first-order chi connectivity index (χ1) is 14.3. The summed E-state index contributed by atoms with van der Waals surface area (Å²) < 4.78 is 68.1. The zero-order valence-electron chi connectivity index (χ0n) is 16.3. The number of rotatable bonds is 3. The molecule has 1 aromatic carbocycles. The van der Waals surface area contributed by atoms with Gasteiger partial charge in [0.25, 0.3) is 0 Å². The molecule has 2 atom stereocenters. The van der Waals surface area contributed by atoms with Crippen LogP contribution in [0.2, 0.25) is 5.02 Å². The molecule has 3 rings (SSSR count).